The van der Waals surface area contributed by atoms with E-state index in [1.807, 2.05) is 13.0 Å². The first kappa shape index (κ1) is 16.4. The molecule has 0 aliphatic carbocycles. The second kappa shape index (κ2) is 6.22. The van der Waals surface area contributed by atoms with Gasteiger partial charge in [0.25, 0.3) is 10.0 Å². The van der Waals surface area contributed by atoms with Gasteiger partial charge in [-0.15, -0.1) is 0 Å². The van der Waals surface area contributed by atoms with Gasteiger partial charge in [0.1, 0.15) is 0 Å². The summed E-state index contributed by atoms with van der Waals surface area (Å²) >= 11 is 6.88. The standard InChI is InChI=1S/C16H12Br2N2O2S/c1-10-4-6-11(7-5-10)23(21,22)20-16-14(18)9-13(17)12-3-2-8-19-15(12)16/h2-9,20H,1H3. The highest BCUT2D eigenvalue weighted by Gasteiger charge is 2.19. The maximum absolute atomic E-state index is 12.6. The van der Waals surface area contributed by atoms with Crippen molar-refractivity contribution in [1.82, 2.24) is 4.98 Å². The molecule has 3 rings (SSSR count). The number of aryl methyl sites for hydroxylation is 1. The first-order valence-corrected chi connectivity index (χ1v) is 9.77. The molecule has 23 heavy (non-hydrogen) atoms. The number of anilines is 1. The molecule has 1 aromatic heterocycles. The van der Waals surface area contributed by atoms with Crippen molar-refractivity contribution in [2.45, 2.75) is 11.8 Å². The lowest BCUT2D eigenvalue weighted by atomic mass is 10.2. The van der Waals surface area contributed by atoms with Gasteiger partial charge in [0.15, 0.2) is 0 Å². The van der Waals surface area contributed by atoms with Crippen LogP contribution in [0.4, 0.5) is 5.69 Å². The van der Waals surface area contributed by atoms with E-state index in [0.717, 1.165) is 15.4 Å². The first-order chi connectivity index (χ1) is 10.9. The van der Waals surface area contributed by atoms with Gasteiger partial charge < -0.3 is 0 Å². The average molecular weight is 456 g/mol. The number of sulfonamides is 1. The monoisotopic (exact) mass is 454 g/mol. The van der Waals surface area contributed by atoms with Gasteiger partial charge in [-0.3, -0.25) is 9.71 Å². The third-order valence-electron chi connectivity index (χ3n) is 3.36. The van der Waals surface area contributed by atoms with Gasteiger partial charge in [0, 0.05) is 20.5 Å². The van der Waals surface area contributed by atoms with Gasteiger partial charge in [-0.05, 0) is 47.1 Å². The zero-order chi connectivity index (χ0) is 16.6. The molecule has 3 aromatic rings. The minimum atomic E-state index is -3.69. The first-order valence-electron chi connectivity index (χ1n) is 6.71. The van der Waals surface area contributed by atoms with Crippen molar-refractivity contribution in [3.63, 3.8) is 0 Å². The topological polar surface area (TPSA) is 59.1 Å². The summed E-state index contributed by atoms with van der Waals surface area (Å²) < 4.78 is 29.3. The molecule has 0 unspecified atom stereocenters. The number of rotatable bonds is 3. The Morgan fingerprint density at radius 3 is 2.43 bits per heavy atom. The molecule has 0 saturated heterocycles. The summed E-state index contributed by atoms with van der Waals surface area (Å²) in [7, 11) is -3.69. The Bertz CT molecular complexity index is 987. The summed E-state index contributed by atoms with van der Waals surface area (Å²) in [5.41, 5.74) is 2.00. The highest BCUT2D eigenvalue weighted by Crippen LogP contribution is 2.36. The highest BCUT2D eigenvalue weighted by atomic mass is 79.9. The van der Waals surface area contributed by atoms with E-state index < -0.39 is 10.0 Å². The van der Waals surface area contributed by atoms with Crippen molar-refractivity contribution < 1.29 is 8.42 Å². The van der Waals surface area contributed by atoms with Crippen LogP contribution < -0.4 is 4.72 Å². The molecule has 0 amide bonds. The van der Waals surface area contributed by atoms with E-state index in [0.29, 0.717) is 15.7 Å². The van der Waals surface area contributed by atoms with E-state index in [-0.39, 0.29) is 4.90 Å². The molecule has 0 spiro atoms. The van der Waals surface area contributed by atoms with Crippen LogP contribution in [-0.2, 0) is 10.0 Å². The molecule has 1 heterocycles. The molecule has 118 valence electrons. The van der Waals surface area contributed by atoms with E-state index in [2.05, 4.69) is 41.6 Å². The van der Waals surface area contributed by atoms with Crippen LogP contribution in [0.5, 0.6) is 0 Å². The summed E-state index contributed by atoms with van der Waals surface area (Å²) in [4.78, 5) is 4.52. The zero-order valence-corrected chi connectivity index (χ0v) is 16.0. The molecule has 2 aromatic carbocycles. The van der Waals surface area contributed by atoms with Crippen molar-refractivity contribution >= 4 is 58.5 Å². The molecule has 0 radical (unpaired) electrons. The molecule has 0 aliphatic rings. The Labute approximate surface area is 151 Å². The lowest BCUT2D eigenvalue weighted by Crippen LogP contribution is -2.14. The lowest BCUT2D eigenvalue weighted by molar-refractivity contribution is 0.601. The Kier molecular flexibility index (Phi) is 4.44. The Hall–Kier alpha value is -1.44. The fraction of sp³-hybridized carbons (Fsp3) is 0.0625. The van der Waals surface area contributed by atoms with Gasteiger partial charge in [0.05, 0.1) is 16.1 Å². The predicted octanol–water partition coefficient (Wildman–Crippen LogP) is 4.87. The van der Waals surface area contributed by atoms with E-state index in [4.69, 9.17) is 0 Å². The number of aromatic nitrogens is 1. The van der Waals surface area contributed by atoms with Crippen LogP contribution in [0.25, 0.3) is 10.9 Å². The molecule has 0 saturated carbocycles. The minimum absolute atomic E-state index is 0.210. The van der Waals surface area contributed by atoms with Crippen molar-refractivity contribution in [1.29, 1.82) is 0 Å². The fourth-order valence-electron chi connectivity index (χ4n) is 2.18. The molecule has 0 atom stereocenters. The van der Waals surface area contributed by atoms with Crippen LogP contribution in [0.2, 0.25) is 0 Å². The normalized spacial score (nSPS) is 11.6. The van der Waals surface area contributed by atoms with Gasteiger partial charge in [-0.1, -0.05) is 39.7 Å². The summed E-state index contributed by atoms with van der Waals surface area (Å²) in [6, 6.07) is 12.2. The van der Waals surface area contributed by atoms with Crippen LogP contribution in [0, 0.1) is 6.92 Å². The summed E-state index contributed by atoms with van der Waals surface area (Å²) in [5, 5.41) is 0.831. The van der Waals surface area contributed by atoms with Crippen LogP contribution in [0.15, 0.2) is 62.5 Å². The Morgan fingerprint density at radius 2 is 1.74 bits per heavy atom. The van der Waals surface area contributed by atoms with Gasteiger partial charge in [-0.2, -0.15) is 0 Å². The Morgan fingerprint density at radius 1 is 1.04 bits per heavy atom. The van der Waals surface area contributed by atoms with Crippen LogP contribution in [-0.4, -0.2) is 13.4 Å². The summed E-state index contributed by atoms with van der Waals surface area (Å²) in [6.07, 6.45) is 1.63. The predicted molar refractivity (Wildman–Crippen MR) is 99.1 cm³/mol. The van der Waals surface area contributed by atoms with Crippen molar-refractivity contribution in [2.24, 2.45) is 0 Å². The maximum Gasteiger partial charge on any atom is 0.261 e. The summed E-state index contributed by atoms with van der Waals surface area (Å²) in [6.45, 7) is 1.91. The van der Waals surface area contributed by atoms with Crippen molar-refractivity contribution in [3.05, 3.63) is 63.2 Å². The van der Waals surface area contributed by atoms with Crippen LogP contribution >= 0.6 is 31.9 Å². The number of halogens is 2. The smallest absolute Gasteiger partial charge is 0.261 e. The maximum atomic E-state index is 12.6. The Balaban J connectivity index is 2.13. The van der Waals surface area contributed by atoms with Crippen molar-refractivity contribution in [3.8, 4) is 0 Å². The van der Waals surface area contributed by atoms with Gasteiger partial charge >= 0.3 is 0 Å². The lowest BCUT2D eigenvalue weighted by Gasteiger charge is -2.13. The second-order valence-corrected chi connectivity index (χ2v) is 8.42. The SMILES string of the molecule is Cc1ccc(S(=O)(=O)Nc2c(Br)cc(Br)c3cccnc23)cc1. The highest BCUT2D eigenvalue weighted by molar-refractivity contribution is 9.11. The largest absolute Gasteiger partial charge is 0.276 e. The molecule has 7 heteroatoms. The van der Waals surface area contributed by atoms with E-state index in [1.165, 1.54) is 0 Å². The fourth-order valence-corrected chi connectivity index (χ4v) is 4.77. The molecule has 4 nitrogen and oxygen atoms in total. The number of pyridine rings is 1. The molecule has 0 bridgehead atoms. The summed E-state index contributed by atoms with van der Waals surface area (Å²) in [5.74, 6) is 0. The number of nitrogens with zero attached hydrogens (tertiary/aromatic N) is 1. The van der Waals surface area contributed by atoms with E-state index in [9.17, 15) is 8.42 Å². The van der Waals surface area contributed by atoms with Gasteiger partial charge in [0.2, 0.25) is 0 Å². The second-order valence-electron chi connectivity index (χ2n) is 5.03. The van der Waals surface area contributed by atoms with Gasteiger partial charge in [-0.25, -0.2) is 8.42 Å². The molecule has 0 fully saturated rings. The third kappa shape index (κ3) is 3.27. The third-order valence-corrected chi connectivity index (χ3v) is 6.01. The number of benzene rings is 2. The quantitative estimate of drug-likeness (QED) is 0.612. The number of hydrogen-bond acceptors (Lipinski definition) is 3. The molecule has 1 N–H and O–H groups in total. The van der Waals surface area contributed by atoms with E-state index in [1.54, 1.807) is 42.6 Å². The minimum Gasteiger partial charge on any atom is -0.276 e. The zero-order valence-electron chi connectivity index (χ0n) is 12.0. The van der Waals surface area contributed by atoms with Crippen molar-refractivity contribution in [2.75, 3.05) is 4.72 Å². The number of nitrogens with one attached hydrogen (secondary N) is 1. The van der Waals surface area contributed by atoms with E-state index >= 15 is 0 Å². The molecule has 0 aliphatic heterocycles. The number of fused-ring (bicyclic) bond motifs is 1. The molecular weight excluding hydrogens is 444 g/mol. The number of hydrogen-bond donors (Lipinski definition) is 1. The van der Waals surface area contributed by atoms with Crippen LogP contribution in [0.3, 0.4) is 0 Å². The molecular formula is C16H12Br2N2O2S. The van der Waals surface area contributed by atoms with Crippen LogP contribution in [0.1, 0.15) is 5.56 Å². The average Bonchev–Trinajstić information content (AvgIpc) is 2.52.